The van der Waals surface area contributed by atoms with Crippen molar-refractivity contribution in [1.82, 2.24) is 4.90 Å². The highest BCUT2D eigenvalue weighted by Crippen LogP contribution is 2.35. The van der Waals surface area contributed by atoms with Gasteiger partial charge in [-0.2, -0.15) is 0 Å². The van der Waals surface area contributed by atoms with Crippen LogP contribution in [0.25, 0.3) is 0 Å². The van der Waals surface area contributed by atoms with Crippen LogP contribution in [0.3, 0.4) is 0 Å². The molecule has 2 aliphatic rings. The van der Waals surface area contributed by atoms with Gasteiger partial charge in [-0.25, -0.2) is 0 Å². The van der Waals surface area contributed by atoms with E-state index in [-0.39, 0.29) is 23.2 Å². The number of anilines is 2. The zero-order valence-corrected chi connectivity index (χ0v) is 27.1. The van der Waals surface area contributed by atoms with Crippen LogP contribution in [0.4, 0.5) is 11.4 Å². The number of esters is 1. The molecule has 9 heteroatoms. The fourth-order valence-corrected chi connectivity index (χ4v) is 6.29. The van der Waals surface area contributed by atoms with Gasteiger partial charge in [0.15, 0.2) is 6.23 Å². The number of rotatable bonds is 11. The Morgan fingerprint density at radius 3 is 2.43 bits per heavy atom. The van der Waals surface area contributed by atoms with Crippen molar-refractivity contribution in [2.75, 3.05) is 49.1 Å². The first-order valence-corrected chi connectivity index (χ1v) is 15.9. The van der Waals surface area contributed by atoms with Crippen LogP contribution in [0.1, 0.15) is 65.9 Å². The Morgan fingerprint density at radius 1 is 0.976 bits per heavy atom. The Bertz CT molecular complexity index is 1240. The normalized spacial score (nSPS) is 17.5. The lowest BCUT2D eigenvalue weighted by Crippen LogP contribution is -2.46. The van der Waals surface area contributed by atoms with E-state index in [0.29, 0.717) is 29.5 Å². The van der Waals surface area contributed by atoms with E-state index in [9.17, 15) is 9.59 Å². The van der Waals surface area contributed by atoms with E-state index < -0.39 is 6.23 Å². The fourth-order valence-electron chi connectivity index (χ4n) is 5.88. The number of hydrogen-bond donors (Lipinski definition) is 0. The van der Waals surface area contributed by atoms with Crippen LogP contribution in [0.5, 0.6) is 5.75 Å². The van der Waals surface area contributed by atoms with Gasteiger partial charge in [0.05, 0.1) is 33.9 Å². The molecule has 2 aromatic carbocycles. The first-order chi connectivity index (χ1) is 19.9. The molecule has 2 atom stereocenters. The third-order valence-electron chi connectivity index (χ3n) is 7.95. The minimum absolute atomic E-state index is 0.0167. The van der Waals surface area contributed by atoms with Gasteiger partial charge in [-0.1, -0.05) is 63.0 Å². The minimum atomic E-state index is -0.683. The van der Waals surface area contributed by atoms with Crippen molar-refractivity contribution in [1.29, 1.82) is 0 Å². The molecule has 0 spiro atoms. The highest BCUT2D eigenvalue weighted by Gasteiger charge is 2.32. The maximum Gasteiger partial charge on any atom is 0.310 e. The number of fused-ring (bicyclic) bond motifs is 1. The van der Waals surface area contributed by atoms with Crippen molar-refractivity contribution in [2.45, 2.75) is 73.0 Å². The molecule has 1 fully saturated rings. The molecule has 0 N–H and O–H groups in total. The minimum Gasteiger partial charge on any atom is -0.494 e. The Hall–Kier alpha value is -2.48. The van der Waals surface area contributed by atoms with E-state index in [1.165, 1.54) is 0 Å². The molecule has 1 amide bonds. The number of carbonyl (C=O) groups is 2. The Kier molecular flexibility index (Phi) is 11.1. The van der Waals surface area contributed by atoms with Gasteiger partial charge in [0, 0.05) is 38.7 Å². The van der Waals surface area contributed by atoms with Gasteiger partial charge in [-0.3, -0.25) is 19.4 Å². The molecule has 2 aliphatic heterocycles. The molecule has 2 heterocycles. The molecule has 0 aliphatic carbocycles. The van der Waals surface area contributed by atoms with E-state index in [4.69, 9.17) is 32.7 Å². The van der Waals surface area contributed by atoms with Crippen molar-refractivity contribution in [3.63, 3.8) is 0 Å². The van der Waals surface area contributed by atoms with Crippen LogP contribution in [0.15, 0.2) is 36.4 Å². The maximum atomic E-state index is 12.9. The zero-order chi connectivity index (χ0) is 30.4. The fraction of sp³-hybridized carbons (Fsp3) is 0.576. The number of hydrogen-bond acceptors (Lipinski definition) is 6. The molecule has 0 saturated carbocycles. The number of aryl methyl sites for hydroxylation is 1. The second kappa shape index (κ2) is 14.3. The smallest absolute Gasteiger partial charge is 0.310 e. The molecule has 0 aromatic heterocycles. The van der Waals surface area contributed by atoms with Crippen LogP contribution in [0, 0.1) is 11.3 Å². The van der Waals surface area contributed by atoms with Gasteiger partial charge in [-0.05, 0) is 68.3 Å². The van der Waals surface area contributed by atoms with Crippen molar-refractivity contribution < 1.29 is 19.1 Å². The largest absolute Gasteiger partial charge is 0.494 e. The van der Waals surface area contributed by atoms with Crippen LogP contribution in [-0.4, -0.2) is 62.3 Å². The average molecular weight is 619 g/mol. The number of carbonyl (C=O) groups excluding carboxylic acids is 2. The lowest BCUT2D eigenvalue weighted by molar-refractivity contribution is -0.154. The third-order valence-corrected chi connectivity index (χ3v) is 8.75. The quantitative estimate of drug-likeness (QED) is 0.196. The lowest BCUT2D eigenvalue weighted by Gasteiger charge is -2.36. The molecule has 4 rings (SSSR count). The molecule has 0 bridgehead atoms. The number of nitrogens with zero attached hydrogens (tertiary/aromatic N) is 3. The van der Waals surface area contributed by atoms with E-state index >= 15 is 0 Å². The first kappa shape index (κ1) is 32.4. The van der Waals surface area contributed by atoms with Crippen LogP contribution in [0.2, 0.25) is 10.0 Å². The maximum absolute atomic E-state index is 12.9. The summed E-state index contributed by atoms with van der Waals surface area (Å²) in [4.78, 5) is 32.1. The molecular weight excluding hydrogens is 573 g/mol. The highest BCUT2D eigenvalue weighted by molar-refractivity contribution is 6.43. The Labute approximate surface area is 261 Å². The molecule has 2 unspecified atom stereocenters. The molecule has 7 nitrogen and oxygen atoms in total. The average Bonchev–Trinajstić information content (AvgIpc) is 2.93. The predicted octanol–water partition coefficient (Wildman–Crippen LogP) is 7.22. The van der Waals surface area contributed by atoms with Crippen molar-refractivity contribution in [2.24, 2.45) is 11.3 Å². The second-order valence-corrected chi connectivity index (χ2v) is 13.5. The summed E-state index contributed by atoms with van der Waals surface area (Å²) in [6, 6.07) is 11.7. The lowest BCUT2D eigenvalue weighted by atomic mass is 9.85. The topological polar surface area (TPSA) is 62.3 Å². The molecule has 230 valence electrons. The summed E-state index contributed by atoms with van der Waals surface area (Å²) < 4.78 is 11.9. The van der Waals surface area contributed by atoms with E-state index in [0.717, 1.165) is 74.7 Å². The predicted molar refractivity (Wildman–Crippen MR) is 171 cm³/mol. The Balaban J connectivity index is 1.24. The number of unbranched alkanes of at least 4 members (excludes halogenated alkanes) is 1. The van der Waals surface area contributed by atoms with Gasteiger partial charge < -0.3 is 14.4 Å². The summed E-state index contributed by atoms with van der Waals surface area (Å²) in [6.45, 7) is 15.4. The molecular formula is C33H45Cl2N3O4. The molecule has 1 saturated heterocycles. The Morgan fingerprint density at radius 2 is 1.71 bits per heavy atom. The monoisotopic (exact) mass is 617 g/mol. The highest BCUT2D eigenvalue weighted by atomic mass is 35.5. The van der Waals surface area contributed by atoms with E-state index in [2.05, 4.69) is 30.6 Å². The van der Waals surface area contributed by atoms with E-state index in [1.54, 1.807) is 11.8 Å². The number of halogens is 2. The number of benzene rings is 2. The number of amides is 1. The third kappa shape index (κ3) is 8.55. The van der Waals surface area contributed by atoms with Gasteiger partial charge in [0.2, 0.25) is 5.91 Å². The molecule has 42 heavy (non-hydrogen) atoms. The first-order valence-electron chi connectivity index (χ1n) is 15.1. The summed E-state index contributed by atoms with van der Waals surface area (Å²) in [5.74, 6) is 0.160. The summed E-state index contributed by atoms with van der Waals surface area (Å²) in [6.07, 6.45) is 3.06. The SMILES string of the molecule is CC(CC(C)(C)C)C(=O)OC(C)N1C(=O)CCc2ccc(OCCCCN3CCN(c4cccc(Cl)c4Cl)CC3)cc21. The van der Waals surface area contributed by atoms with Gasteiger partial charge in [0.1, 0.15) is 5.75 Å². The van der Waals surface area contributed by atoms with Crippen LogP contribution in [-0.2, 0) is 20.7 Å². The number of piperazine rings is 1. The summed E-state index contributed by atoms with van der Waals surface area (Å²) >= 11 is 12.6. The second-order valence-electron chi connectivity index (χ2n) is 12.7. The zero-order valence-electron chi connectivity index (χ0n) is 25.6. The molecule has 0 radical (unpaired) electrons. The summed E-state index contributed by atoms with van der Waals surface area (Å²) in [7, 11) is 0. The molecule has 2 aromatic rings. The standard InChI is InChI=1S/C33H45Cl2N3O4/c1-23(22-33(3,4)5)32(40)42-24(2)38-29-21-26(13-11-25(29)12-14-30(38)39)41-20-7-6-15-36-16-18-37(19-17-36)28-10-8-9-27(34)31(28)35/h8-11,13,21,23-24H,6-7,12,14-20,22H2,1-5H3. The van der Waals surface area contributed by atoms with Gasteiger partial charge >= 0.3 is 5.97 Å². The van der Waals surface area contributed by atoms with E-state index in [1.807, 2.05) is 43.3 Å². The van der Waals surface area contributed by atoms with Gasteiger partial charge in [-0.15, -0.1) is 0 Å². The number of ether oxygens (including phenoxy) is 2. The van der Waals surface area contributed by atoms with Crippen molar-refractivity contribution in [3.05, 3.63) is 52.0 Å². The van der Waals surface area contributed by atoms with Crippen LogP contribution < -0.4 is 14.5 Å². The van der Waals surface area contributed by atoms with Gasteiger partial charge in [0.25, 0.3) is 0 Å². The summed E-state index contributed by atoms with van der Waals surface area (Å²) in [5.41, 5.74) is 2.85. The van der Waals surface area contributed by atoms with Crippen LogP contribution >= 0.6 is 23.2 Å². The van der Waals surface area contributed by atoms with Crippen molar-refractivity contribution in [3.8, 4) is 5.75 Å². The summed E-state index contributed by atoms with van der Waals surface area (Å²) in [5, 5.41) is 1.22. The van der Waals surface area contributed by atoms with Crippen molar-refractivity contribution >= 4 is 46.5 Å².